The maximum atomic E-state index is 12.1. The molecule has 0 aliphatic rings. The molecule has 1 amide bonds. The number of benzene rings is 1. The first-order valence-electron chi connectivity index (χ1n) is 6.50. The van der Waals surface area contributed by atoms with Crippen molar-refractivity contribution < 1.29 is 9.21 Å². The van der Waals surface area contributed by atoms with Crippen LogP contribution in [0.25, 0.3) is 0 Å². The SMILES string of the molecule is O=C(N[C@H](NC(=S)Nc1ccccc1Br)C(Cl)(Cl)Cl)c1ccco1. The van der Waals surface area contributed by atoms with Crippen LogP contribution in [0.3, 0.4) is 0 Å². The van der Waals surface area contributed by atoms with Crippen molar-refractivity contribution in [1.82, 2.24) is 10.6 Å². The predicted octanol–water partition coefficient (Wildman–Crippen LogP) is 4.45. The number of para-hydroxylation sites is 1. The standard InChI is InChI=1S/C14H11BrCl3N3O2S/c15-8-4-1-2-5-9(8)19-13(24)21-12(14(16,17)18)20-11(22)10-6-3-7-23-10/h1-7,12H,(H,20,22)(H2,19,21,24)/t12-/m1/s1. The normalized spacial score (nSPS) is 12.3. The zero-order chi connectivity index (χ0) is 17.7. The summed E-state index contributed by atoms with van der Waals surface area (Å²) in [6.45, 7) is 0. The number of carbonyl (C=O) groups is 1. The lowest BCUT2D eigenvalue weighted by atomic mass is 10.3. The average molecular weight is 472 g/mol. The first kappa shape index (κ1) is 19.3. The van der Waals surface area contributed by atoms with Gasteiger partial charge in [-0.3, -0.25) is 4.79 Å². The van der Waals surface area contributed by atoms with Crippen LogP contribution >= 0.6 is 63.0 Å². The maximum absolute atomic E-state index is 12.1. The third-order valence-corrected chi connectivity index (χ3v) is 4.31. The fourth-order valence-electron chi connectivity index (χ4n) is 1.66. The Morgan fingerprint density at radius 3 is 2.46 bits per heavy atom. The molecule has 5 nitrogen and oxygen atoms in total. The zero-order valence-corrected chi connectivity index (χ0v) is 16.5. The van der Waals surface area contributed by atoms with E-state index in [0.717, 1.165) is 10.2 Å². The molecule has 0 fully saturated rings. The summed E-state index contributed by atoms with van der Waals surface area (Å²) in [7, 11) is 0. The van der Waals surface area contributed by atoms with Crippen LogP contribution in [0.15, 0.2) is 51.6 Å². The van der Waals surface area contributed by atoms with Gasteiger partial charge in [-0.15, -0.1) is 0 Å². The number of halogens is 4. The Balaban J connectivity index is 2.05. The summed E-state index contributed by atoms with van der Waals surface area (Å²) in [6, 6.07) is 10.4. The van der Waals surface area contributed by atoms with Crippen LogP contribution in [-0.4, -0.2) is 21.0 Å². The summed E-state index contributed by atoms with van der Waals surface area (Å²) in [5.74, 6) is -0.465. The fraction of sp³-hybridized carbons (Fsp3) is 0.143. The molecule has 24 heavy (non-hydrogen) atoms. The van der Waals surface area contributed by atoms with Gasteiger partial charge in [-0.2, -0.15) is 0 Å². The smallest absolute Gasteiger partial charge is 0.288 e. The van der Waals surface area contributed by atoms with E-state index in [0.29, 0.717) is 0 Å². The number of alkyl halides is 3. The van der Waals surface area contributed by atoms with E-state index in [9.17, 15) is 4.79 Å². The van der Waals surface area contributed by atoms with Gasteiger partial charge in [0.05, 0.1) is 12.0 Å². The van der Waals surface area contributed by atoms with Crippen molar-refractivity contribution in [3.05, 3.63) is 52.9 Å². The Morgan fingerprint density at radius 2 is 1.88 bits per heavy atom. The highest BCUT2D eigenvalue weighted by molar-refractivity contribution is 9.10. The second-order valence-electron chi connectivity index (χ2n) is 4.50. The van der Waals surface area contributed by atoms with Crippen LogP contribution in [0.1, 0.15) is 10.6 Å². The van der Waals surface area contributed by atoms with E-state index in [4.69, 9.17) is 51.4 Å². The van der Waals surface area contributed by atoms with Crippen LogP contribution in [0.2, 0.25) is 0 Å². The van der Waals surface area contributed by atoms with Gasteiger partial charge in [0, 0.05) is 4.47 Å². The Morgan fingerprint density at radius 1 is 1.17 bits per heavy atom. The third-order valence-electron chi connectivity index (χ3n) is 2.75. The zero-order valence-electron chi connectivity index (χ0n) is 11.9. The van der Waals surface area contributed by atoms with Gasteiger partial charge in [-0.25, -0.2) is 0 Å². The largest absolute Gasteiger partial charge is 0.459 e. The third kappa shape index (κ3) is 5.53. The summed E-state index contributed by atoms with van der Waals surface area (Å²) in [5.41, 5.74) is 0.718. The predicted molar refractivity (Wildman–Crippen MR) is 104 cm³/mol. The molecule has 0 spiro atoms. The second kappa shape index (κ2) is 8.40. The monoisotopic (exact) mass is 469 g/mol. The van der Waals surface area contributed by atoms with Gasteiger partial charge in [-0.1, -0.05) is 46.9 Å². The Hall–Kier alpha value is -0.990. The van der Waals surface area contributed by atoms with Crippen LogP contribution in [0.5, 0.6) is 0 Å². The highest BCUT2D eigenvalue weighted by Crippen LogP contribution is 2.29. The van der Waals surface area contributed by atoms with Crippen molar-refractivity contribution in [2.45, 2.75) is 9.96 Å². The Bertz CT molecular complexity index is 722. The maximum Gasteiger partial charge on any atom is 0.288 e. The Labute approximate surface area is 167 Å². The first-order chi connectivity index (χ1) is 11.3. The summed E-state index contributed by atoms with van der Waals surface area (Å²) in [4.78, 5) is 12.1. The lowest BCUT2D eigenvalue weighted by Gasteiger charge is -2.27. The molecule has 1 heterocycles. The van der Waals surface area contributed by atoms with E-state index in [1.807, 2.05) is 24.3 Å². The molecule has 0 unspecified atom stereocenters. The summed E-state index contributed by atoms with van der Waals surface area (Å²) in [5, 5.41) is 8.38. The van der Waals surface area contributed by atoms with Crippen molar-refractivity contribution in [1.29, 1.82) is 0 Å². The van der Waals surface area contributed by atoms with Crippen LogP contribution in [-0.2, 0) is 0 Å². The van der Waals surface area contributed by atoms with Crippen molar-refractivity contribution in [3.8, 4) is 0 Å². The number of rotatable bonds is 4. The molecule has 10 heteroatoms. The van der Waals surface area contributed by atoms with Gasteiger partial charge in [-0.05, 0) is 52.4 Å². The van der Waals surface area contributed by atoms with Crippen LogP contribution in [0, 0.1) is 0 Å². The van der Waals surface area contributed by atoms with Crippen molar-refractivity contribution in [2.75, 3.05) is 5.32 Å². The van der Waals surface area contributed by atoms with E-state index in [1.54, 1.807) is 6.07 Å². The summed E-state index contributed by atoms with van der Waals surface area (Å²) >= 11 is 26.3. The molecule has 3 N–H and O–H groups in total. The molecule has 1 atom stereocenters. The molecule has 0 saturated carbocycles. The van der Waals surface area contributed by atoms with E-state index in [-0.39, 0.29) is 10.9 Å². The molecule has 0 aliphatic heterocycles. The highest BCUT2D eigenvalue weighted by atomic mass is 79.9. The quantitative estimate of drug-likeness (QED) is 0.349. The van der Waals surface area contributed by atoms with E-state index < -0.39 is 15.9 Å². The molecule has 0 bridgehead atoms. The lowest BCUT2D eigenvalue weighted by molar-refractivity contribution is 0.0906. The van der Waals surface area contributed by atoms with Gasteiger partial charge in [0.15, 0.2) is 10.9 Å². The van der Waals surface area contributed by atoms with Gasteiger partial charge in [0.1, 0.15) is 6.17 Å². The number of anilines is 1. The minimum atomic E-state index is -1.85. The van der Waals surface area contributed by atoms with Crippen molar-refractivity contribution >= 4 is 79.7 Å². The number of nitrogens with one attached hydrogen (secondary N) is 3. The van der Waals surface area contributed by atoms with Gasteiger partial charge >= 0.3 is 0 Å². The van der Waals surface area contributed by atoms with Crippen molar-refractivity contribution in [3.63, 3.8) is 0 Å². The number of hydrogen-bond donors (Lipinski definition) is 3. The number of hydrogen-bond acceptors (Lipinski definition) is 3. The van der Waals surface area contributed by atoms with Gasteiger partial charge in [0.25, 0.3) is 5.91 Å². The molecule has 1 aromatic carbocycles. The van der Waals surface area contributed by atoms with E-state index in [2.05, 4.69) is 31.9 Å². The molecule has 0 saturated heterocycles. The molecule has 2 rings (SSSR count). The number of amides is 1. The number of furan rings is 1. The minimum absolute atomic E-state index is 0.0840. The molecule has 2 aromatic rings. The van der Waals surface area contributed by atoms with Gasteiger partial charge in [0.2, 0.25) is 3.79 Å². The fourth-order valence-corrected chi connectivity index (χ4v) is 2.60. The molecule has 128 valence electrons. The van der Waals surface area contributed by atoms with E-state index in [1.165, 1.54) is 12.3 Å². The highest BCUT2D eigenvalue weighted by Gasteiger charge is 2.35. The van der Waals surface area contributed by atoms with Gasteiger partial charge < -0.3 is 20.4 Å². The van der Waals surface area contributed by atoms with Crippen LogP contribution < -0.4 is 16.0 Å². The lowest BCUT2D eigenvalue weighted by Crippen LogP contribution is -2.56. The number of thiocarbonyl (C=S) groups is 1. The Kier molecular flexibility index (Phi) is 6.77. The summed E-state index contributed by atoms with van der Waals surface area (Å²) in [6.07, 6.45) is 0.286. The molecule has 0 radical (unpaired) electrons. The number of carbonyl (C=O) groups excluding carboxylic acids is 1. The minimum Gasteiger partial charge on any atom is -0.459 e. The molecular weight excluding hydrogens is 461 g/mol. The van der Waals surface area contributed by atoms with E-state index >= 15 is 0 Å². The second-order valence-corrected chi connectivity index (χ2v) is 8.14. The summed E-state index contributed by atoms with van der Waals surface area (Å²) < 4.78 is 3.96. The van der Waals surface area contributed by atoms with Crippen molar-refractivity contribution in [2.24, 2.45) is 0 Å². The topological polar surface area (TPSA) is 66.3 Å². The first-order valence-corrected chi connectivity index (χ1v) is 8.84. The molecule has 1 aromatic heterocycles. The van der Waals surface area contributed by atoms with Crippen LogP contribution in [0.4, 0.5) is 5.69 Å². The average Bonchev–Trinajstić information content (AvgIpc) is 3.02. The molecular formula is C14H11BrCl3N3O2S. The molecule has 0 aliphatic carbocycles.